The zero-order valence-corrected chi connectivity index (χ0v) is 38.4. The highest BCUT2D eigenvalue weighted by Gasteiger charge is 2.44. The summed E-state index contributed by atoms with van der Waals surface area (Å²) in [5, 5.41) is 23.6. The highest BCUT2D eigenvalue weighted by Crippen LogP contribution is 2.35. The molecule has 2 aliphatic rings. The lowest BCUT2D eigenvalue weighted by atomic mass is 9.74. The fourth-order valence-electron chi connectivity index (χ4n) is 8.72. The van der Waals surface area contributed by atoms with E-state index in [0.29, 0.717) is 56.5 Å². The van der Waals surface area contributed by atoms with E-state index in [0.717, 1.165) is 27.8 Å². The zero-order chi connectivity index (χ0) is 48.3. The predicted octanol–water partition coefficient (Wildman–Crippen LogP) is 2.98. The van der Waals surface area contributed by atoms with E-state index >= 15 is 0 Å². The smallest absolute Gasteiger partial charge is 0.303 e. The van der Waals surface area contributed by atoms with E-state index in [1.54, 1.807) is 29.2 Å². The summed E-state index contributed by atoms with van der Waals surface area (Å²) in [5.41, 5.74) is 10.1. The Bertz CT molecular complexity index is 2360. The molecule has 4 aromatic carbocycles. The van der Waals surface area contributed by atoms with Gasteiger partial charge in [0.05, 0.1) is 25.0 Å². The fourth-order valence-corrected chi connectivity index (χ4v) is 8.72. The number of hydrogen-bond donors (Lipinski definition) is 7. The van der Waals surface area contributed by atoms with E-state index in [9.17, 15) is 33.6 Å². The molecule has 0 unspecified atom stereocenters. The number of nitrogens with one attached hydrogen (secondary N) is 5. The van der Waals surface area contributed by atoms with Crippen LogP contribution in [0.5, 0.6) is 0 Å². The average molecular weight is 930 g/mol. The third kappa shape index (κ3) is 15.1. The number of fused-ring (bicyclic) bond motifs is 3. The third-order valence-corrected chi connectivity index (χ3v) is 12.4. The minimum absolute atomic E-state index is 0.0340. The van der Waals surface area contributed by atoms with Crippen molar-refractivity contribution in [1.29, 1.82) is 0 Å². The molecule has 6 rings (SSSR count). The molecular weight excluding hydrogens is 867 g/mol. The number of nitrogens with two attached hydrogens (primary N) is 1. The maximum atomic E-state index is 15.0. The zero-order valence-electron chi connectivity index (χ0n) is 38.4. The van der Waals surface area contributed by atoms with E-state index in [4.69, 9.17) is 15.6 Å². The molecule has 2 bridgehead atoms. The van der Waals surface area contributed by atoms with Crippen molar-refractivity contribution in [3.8, 4) is 11.1 Å². The minimum Gasteiger partial charge on any atom is -0.481 e. The number of aliphatic carboxylic acids is 1. The largest absolute Gasteiger partial charge is 0.481 e. The van der Waals surface area contributed by atoms with Gasteiger partial charge in [-0.2, -0.15) is 0 Å². The number of hydrogen-bond acceptors (Lipinski definition) is 9. The fraction of sp³-hybridized carbons (Fsp3) is 0.404. The number of benzene rings is 4. The molecule has 6 amide bonds. The number of nitrogens with zero attached hydrogens (tertiary/aromatic N) is 1. The summed E-state index contributed by atoms with van der Waals surface area (Å²) in [6, 6.07) is 30.1. The molecule has 68 heavy (non-hydrogen) atoms. The topological polar surface area (TPSA) is 238 Å². The van der Waals surface area contributed by atoms with Gasteiger partial charge in [-0.3, -0.25) is 33.6 Å². The summed E-state index contributed by atoms with van der Waals surface area (Å²) in [5.74, 6) is -3.24. The van der Waals surface area contributed by atoms with Gasteiger partial charge in [0.1, 0.15) is 12.1 Å². The second-order valence-corrected chi connectivity index (χ2v) is 17.5. The standard InChI is InChI=1S/C52H63N7O9/c53-25-29-68-30-27-55-49(65)43-23-26-54-45(60)20-21-47(62)59-28-6-24-52(35-59,33-38-7-2-1-3-8-38)51(67)58-44(50(66)56-34-42-10-5-4-9-41(42)32-46(61)57-43)31-37-13-18-40(19-14-37)39-16-11-36(12-17-39)15-22-48(63)64/h1-5,7-14,16-19,43-44H,6,15,20-35,53H2,(H,54,60)(H,55,65)(H,56,66)(H,57,61)(H,58,67)(H,63,64)/t43-,44-,52-/m0/s1. The number of carboxylic acid groups (broad SMARTS) is 1. The van der Waals surface area contributed by atoms with Gasteiger partial charge in [-0.1, -0.05) is 103 Å². The van der Waals surface area contributed by atoms with Gasteiger partial charge < -0.3 is 47.1 Å². The number of carboxylic acids is 1. The Morgan fingerprint density at radius 2 is 1.47 bits per heavy atom. The molecule has 4 aromatic rings. The van der Waals surface area contributed by atoms with Crippen molar-refractivity contribution in [1.82, 2.24) is 31.5 Å². The maximum Gasteiger partial charge on any atom is 0.303 e. The number of carbonyl (C=O) groups is 7. The van der Waals surface area contributed by atoms with E-state index in [1.165, 1.54) is 0 Å². The first kappa shape index (κ1) is 50.5. The summed E-state index contributed by atoms with van der Waals surface area (Å²) in [7, 11) is 0. The molecule has 360 valence electrons. The van der Waals surface area contributed by atoms with Crippen molar-refractivity contribution in [2.45, 2.75) is 82.8 Å². The lowest BCUT2D eigenvalue weighted by molar-refractivity contribution is -0.144. The SMILES string of the molecule is NCCOCCNC(=O)[C@@H]1CCNC(=O)CCC(=O)N2CCC[C@](Cc3ccccc3)(C2)C(=O)N[C@@H](Cc2ccc(-c3ccc(CCC(=O)O)cc3)cc2)C(=O)NCc2ccccc2CC(=O)N1. The Hall–Kier alpha value is -6.91. The van der Waals surface area contributed by atoms with Gasteiger partial charge in [0.15, 0.2) is 0 Å². The van der Waals surface area contributed by atoms with Crippen LogP contribution in [0.4, 0.5) is 0 Å². The van der Waals surface area contributed by atoms with Crippen LogP contribution < -0.4 is 32.3 Å². The second-order valence-electron chi connectivity index (χ2n) is 17.5. The van der Waals surface area contributed by atoms with Gasteiger partial charge in [0, 0.05) is 65.0 Å². The van der Waals surface area contributed by atoms with Gasteiger partial charge in [-0.25, -0.2) is 0 Å². The molecule has 8 N–H and O–H groups in total. The van der Waals surface area contributed by atoms with Gasteiger partial charge in [0.25, 0.3) is 0 Å². The van der Waals surface area contributed by atoms with Crippen molar-refractivity contribution in [3.63, 3.8) is 0 Å². The highest BCUT2D eigenvalue weighted by molar-refractivity contribution is 5.92. The van der Waals surface area contributed by atoms with Crippen LogP contribution in [-0.4, -0.2) is 109 Å². The van der Waals surface area contributed by atoms with Gasteiger partial charge in [-0.05, 0) is 71.0 Å². The predicted molar refractivity (Wildman–Crippen MR) is 256 cm³/mol. The van der Waals surface area contributed by atoms with Crippen molar-refractivity contribution >= 4 is 41.4 Å². The lowest BCUT2D eigenvalue weighted by Gasteiger charge is -2.42. The molecule has 16 nitrogen and oxygen atoms in total. The first-order chi connectivity index (χ1) is 32.9. The molecule has 2 heterocycles. The molecule has 1 fully saturated rings. The summed E-state index contributed by atoms with van der Waals surface area (Å²) < 4.78 is 5.38. The van der Waals surface area contributed by atoms with Crippen LogP contribution in [-0.2, 0) is 70.5 Å². The van der Waals surface area contributed by atoms with Gasteiger partial charge in [0.2, 0.25) is 35.4 Å². The van der Waals surface area contributed by atoms with Crippen molar-refractivity contribution < 1.29 is 43.4 Å². The molecule has 1 saturated heterocycles. The highest BCUT2D eigenvalue weighted by atomic mass is 16.5. The Morgan fingerprint density at radius 3 is 2.18 bits per heavy atom. The van der Waals surface area contributed by atoms with Crippen LogP contribution in [0, 0.1) is 5.41 Å². The number of piperidine rings is 1. The number of rotatable bonds is 14. The Labute approximate surface area is 397 Å². The Kier molecular flexibility index (Phi) is 18.8. The lowest BCUT2D eigenvalue weighted by Crippen LogP contribution is -2.58. The monoisotopic (exact) mass is 929 g/mol. The van der Waals surface area contributed by atoms with E-state index < -0.39 is 47.1 Å². The van der Waals surface area contributed by atoms with Crippen LogP contribution in [0.3, 0.4) is 0 Å². The Balaban J connectivity index is 1.28. The van der Waals surface area contributed by atoms with Crippen molar-refractivity contribution in [2.24, 2.45) is 11.1 Å². The van der Waals surface area contributed by atoms with Gasteiger partial charge >= 0.3 is 5.97 Å². The van der Waals surface area contributed by atoms with Crippen LogP contribution in [0.1, 0.15) is 66.3 Å². The third-order valence-electron chi connectivity index (χ3n) is 12.4. The molecule has 0 aromatic heterocycles. The second kappa shape index (κ2) is 25.3. The number of aryl methyl sites for hydroxylation is 1. The minimum atomic E-state index is -1.10. The number of carbonyl (C=O) groups excluding carboxylic acids is 6. The maximum absolute atomic E-state index is 15.0. The van der Waals surface area contributed by atoms with Crippen molar-refractivity contribution in [2.75, 3.05) is 45.9 Å². The molecule has 0 saturated carbocycles. The van der Waals surface area contributed by atoms with Crippen LogP contribution in [0.15, 0.2) is 103 Å². The molecule has 0 radical (unpaired) electrons. The summed E-state index contributed by atoms with van der Waals surface area (Å²) in [4.78, 5) is 96.0. The summed E-state index contributed by atoms with van der Waals surface area (Å²) >= 11 is 0. The van der Waals surface area contributed by atoms with Gasteiger partial charge in [-0.15, -0.1) is 0 Å². The van der Waals surface area contributed by atoms with Crippen LogP contribution in [0.25, 0.3) is 11.1 Å². The van der Waals surface area contributed by atoms with Crippen LogP contribution in [0.2, 0.25) is 0 Å². The molecule has 3 atom stereocenters. The van der Waals surface area contributed by atoms with E-state index in [2.05, 4.69) is 26.6 Å². The van der Waals surface area contributed by atoms with Crippen molar-refractivity contribution in [3.05, 3.63) is 131 Å². The molecule has 0 spiro atoms. The summed E-state index contributed by atoms with van der Waals surface area (Å²) in [6.45, 7) is 1.66. The quantitative estimate of drug-likeness (QED) is 0.0913. The van der Waals surface area contributed by atoms with E-state index in [-0.39, 0.29) is 83.1 Å². The Morgan fingerprint density at radius 1 is 0.779 bits per heavy atom. The molecule has 0 aliphatic carbocycles. The number of ether oxygens (including phenoxy) is 1. The normalized spacial score (nSPS) is 20.0. The average Bonchev–Trinajstić information content (AvgIpc) is 3.34. The first-order valence-electron chi connectivity index (χ1n) is 23.4. The molecule has 16 heteroatoms. The van der Waals surface area contributed by atoms with Crippen LogP contribution >= 0.6 is 0 Å². The molecule has 2 aliphatic heterocycles. The summed E-state index contributed by atoms with van der Waals surface area (Å²) in [6.07, 6.45) is 1.66. The number of amides is 6. The first-order valence-corrected chi connectivity index (χ1v) is 23.4. The molecular formula is C52H63N7O9. The van der Waals surface area contributed by atoms with E-state index in [1.807, 2.05) is 78.9 Å².